The predicted octanol–water partition coefficient (Wildman–Crippen LogP) is 3.26. The molecule has 136 valence electrons. The molecule has 2 rings (SSSR count). The van der Waals surface area contributed by atoms with E-state index in [4.69, 9.17) is 5.11 Å². The minimum absolute atomic E-state index is 0.00836. The molecule has 0 aromatic carbocycles. The third kappa shape index (κ3) is 4.73. The van der Waals surface area contributed by atoms with E-state index in [0.717, 1.165) is 11.3 Å². The maximum Gasteiger partial charge on any atom is 0.261 e. The fourth-order valence-corrected chi connectivity index (χ4v) is 3.58. The molecule has 1 unspecified atom stereocenters. The van der Waals surface area contributed by atoms with Crippen LogP contribution in [0.4, 0.5) is 0 Å². The highest BCUT2D eigenvalue weighted by Crippen LogP contribution is 2.32. The van der Waals surface area contributed by atoms with Gasteiger partial charge >= 0.3 is 0 Å². The summed E-state index contributed by atoms with van der Waals surface area (Å²) in [5.74, 6) is -0.412. The number of aliphatic hydroxyl groups is 1. The highest BCUT2D eigenvalue weighted by Gasteiger charge is 2.20. The van der Waals surface area contributed by atoms with E-state index in [1.54, 1.807) is 6.08 Å². The van der Waals surface area contributed by atoms with Gasteiger partial charge in [0.05, 0.1) is 0 Å². The molecule has 1 heterocycles. The van der Waals surface area contributed by atoms with E-state index in [1.807, 2.05) is 13.0 Å². The molecule has 1 atom stereocenters. The topological polar surface area (TPSA) is 78.1 Å². The number of aromatic nitrogens is 1. The first-order valence-electron chi connectivity index (χ1n) is 9.17. The number of aryl methyl sites for hydroxylation is 1. The molecule has 1 fully saturated rings. The summed E-state index contributed by atoms with van der Waals surface area (Å²) in [5, 5.41) is 21.1. The number of nitrogens with zero attached hydrogens (tertiary/aromatic N) is 2. The minimum Gasteiger partial charge on any atom is -0.396 e. The molecule has 0 radical (unpaired) electrons. The Hall–Kier alpha value is -2.06. The van der Waals surface area contributed by atoms with Crippen molar-refractivity contribution < 1.29 is 9.90 Å². The molecule has 1 saturated carbocycles. The van der Waals surface area contributed by atoms with E-state index in [9.17, 15) is 10.1 Å². The van der Waals surface area contributed by atoms with Crippen LogP contribution in [-0.4, -0.2) is 28.7 Å². The number of amides is 1. The second kappa shape index (κ2) is 8.87. The number of carbonyl (C=O) groups excluding carboxylic acids is 1. The zero-order valence-corrected chi connectivity index (χ0v) is 15.5. The Labute approximate surface area is 150 Å². The summed E-state index contributed by atoms with van der Waals surface area (Å²) in [6, 6.07) is 4.59. The molecular weight excluding hydrogens is 314 g/mol. The molecule has 0 bridgehead atoms. The third-order valence-electron chi connectivity index (χ3n) is 5.05. The smallest absolute Gasteiger partial charge is 0.261 e. The number of aliphatic hydroxyl groups excluding tert-OH is 1. The molecule has 2 N–H and O–H groups in total. The van der Waals surface area contributed by atoms with Gasteiger partial charge in [0, 0.05) is 30.6 Å². The van der Waals surface area contributed by atoms with E-state index in [0.29, 0.717) is 12.6 Å². The van der Waals surface area contributed by atoms with Crippen LogP contribution in [-0.2, 0) is 4.79 Å². The van der Waals surface area contributed by atoms with Gasteiger partial charge in [0.1, 0.15) is 11.6 Å². The highest BCUT2D eigenvalue weighted by atomic mass is 16.3. The Morgan fingerprint density at radius 3 is 2.72 bits per heavy atom. The van der Waals surface area contributed by atoms with Gasteiger partial charge in [-0.05, 0) is 50.3 Å². The Morgan fingerprint density at radius 1 is 1.44 bits per heavy atom. The first-order chi connectivity index (χ1) is 12.0. The van der Waals surface area contributed by atoms with E-state index in [-0.39, 0.29) is 24.0 Å². The summed E-state index contributed by atoms with van der Waals surface area (Å²) in [4.78, 5) is 12.2. The van der Waals surface area contributed by atoms with Crippen molar-refractivity contribution in [1.29, 1.82) is 5.26 Å². The van der Waals surface area contributed by atoms with Crippen molar-refractivity contribution in [3.63, 3.8) is 0 Å². The van der Waals surface area contributed by atoms with Gasteiger partial charge < -0.3 is 15.0 Å². The molecule has 1 aliphatic rings. The lowest BCUT2D eigenvalue weighted by molar-refractivity contribution is -0.117. The summed E-state index contributed by atoms with van der Waals surface area (Å²) in [6.45, 7) is 6.36. The summed E-state index contributed by atoms with van der Waals surface area (Å²) in [5.41, 5.74) is 3.34. The fraction of sp³-hybridized carbons (Fsp3) is 0.600. The van der Waals surface area contributed by atoms with Crippen molar-refractivity contribution in [3.05, 3.63) is 28.6 Å². The lowest BCUT2D eigenvalue weighted by Gasteiger charge is -2.26. The van der Waals surface area contributed by atoms with Crippen LogP contribution in [0.2, 0.25) is 0 Å². The van der Waals surface area contributed by atoms with E-state index in [1.165, 1.54) is 37.8 Å². The first-order valence-corrected chi connectivity index (χ1v) is 9.17. The van der Waals surface area contributed by atoms with Crippen molar-refractivity contribution in [2.24, 2.45) is 5.92 Å². The van der Waals surface area contributed by atoms with Gasteiger partial charge in [0.25, 0.3) is 5.91 Å². The van der Waals surface area contributed by atoms with Gasteiger partial charge in [-0.1, -0.05) is 26.2 Å². The van der Waals surface area contributed by atoms with Crippen LogP contribution >= 0.6 is 0 Å². The second-order valence-corrected chi connectivity index (χ2v) is 7.16. The SMILES string of the molecule is Cc1cc(/C=C(\C#N)C(=O)NCC(C)CO)c(C)n1C1CCCCC1. The summed E-state index contributed by atoms with van der Waals surface area (Å²) in [6.07, 6.45) is 7.92. The van der Waals surface area contributed by atoms with Crippen LogP contribution in [0.25, 0.3) is 6.08 Å². The van der Waals surface area contributed by atoms with Gasteiger partial charge in [-0.3, -0.25) is 4.79 Å². The van der Waals surface area contributed by atoms with Gasteiger partial charge in [-0.2, -0.15) is 5.26 Å². The molecule has 0 saturated heterocycles. The Balaban J connectivity index is 2.20. The number of carbonyl (C=O) groups is 1. The largest absolute Gasteiger partial charge is 0.396 e. The number of rotatable bonds is 6. The first kappa shape index (κ1) is 19.3. The van der Waals surface area contributed by atoms with Crippen LogP contribution in [0, 0.1) is 31.1 Å². The monoisotopic (exact) mass is 343 g/mol. The van der Waals surface area contributed by atoms with Crippen LogP contribution in [0.3, 0.4) is 0 Å². The highest BCUT2D eigenvalue weighted by molar-refractivity contribution is 6.01. The molecule has 25 heavy (non-hydrogen) atoms. The lowest BCUT2D eigenvalue weighted by Crippen LogP contribution is -2.30. The number of nitrogens with one attached hydrogen (secondary N) is 1. The van der Waals surface area contributed by atoms with E-state index >= 15 is 0 Å². The zero-order chi connectivity index (χ0) is 18.4. The van der Waals surface area contributed by atoms with E-state index in [2.05, 4.69) is 29.8 Å². The third-order valence-corrected chi connectivity index (χ3v) is 5.05. The van der Waals surface area contributed by atoms with Gasteiger partial charge in [-0.25, -0.2) is 0 Å². The standard InChI is InChI=1S/C20H29N3O2/c1-14(13-24)12-22-20(25)18(11-21)10-17-9-15(2)23(16(17)3)19-7-5-4-6-8-19/h9-10,14,19,24H,4-8,12-13H2,1-3H3,(H,22,25)/b18-10+. The second-order valence-electron chi connectivity index (χ2n) is 7.16. The molecule has 0 aliphatic heterocycles. The maximum atomic E-state index is 12.2. The zero-order valence-electron chi connectivity index (χ0n) is 15.5. The van der Waals surface area contributed by atoms with Crippen molar-refractivity contribution in [1.82, 2.24) is 9.88 Å². The maximum absolute atomic E-state index is 12.2. The average molecular weight is 343 g/mol. The number of hydrogen-bond donors (Lipinski definition) is 2. The Kier molecular flexibility index (Phi) is 6.83. The summed E-state index contributed by atoms with van der Waals surface area (Å²) < 4.78 is 2.37. The van der Waals surface area contributed by atoms with Gasteiger partial charge in [0.15, 0.2) is 0 Å². The van der Waals surface area contributed by atoms with Crippen molar-refractivity contribution in [3.8, 4) is 6.07 Å². The van der Waals surface area contributed by atoms with Crippen molar-refractivity contribution in [2.75, 3.05) is 13.2 Å². The average Bonchev–Trinajstić information content (AvgIpc) is 2.91. The molecule has 1 amide bonds. The summed E-state index contributed by atoms with van der Waals surface area (Å²) in [7, 11) is 0. The van der Waals surface area contributed by atoms with Gasteiger partial charge in [0.2, 0.25) is 0 Å². The van der Waals surface area contributed by atoms with Crippen LogP contribution in [0.5, 0.6) is 0 Å². The molecular formula is C20H29N3O2. The quantitative estimate of drug-likeness (QED) is 0.615. The van der Waals surface area contributed by atoms with Crippen LogP contribution in [0.15, 0.2) is 11.6 Å². The Morgan fingerprint density at radius 2 is 2.12 bits per heavy atom. The van der Waals surface area contributed by atoms with Crippen LogP contribution < -0.4 is 5.32 Å². The number of hydrogen-bond acceptors (Lipinski definition) is 3. The fourth-order valence-electron chi connectivity index (χ4n) is 3.58. The predicted molar refractivity (Wildman–Crippen MR) is 98.9 cm³/mol. The number of nitriles is 1. The van der Waals surface area contributed by atoms with Crippen molar-refractivity contribution >= 4 is 12.0 Å². The Bertz CT molecular complexity index is 676. The van der Waals surface area contributed by atoms with E-state index < -0.39 is 0 Å². The lowest BCUT2D eigenvalue weighted by atomic mass is 9.95. The minimum atomic E-state index is -0.384. The molecule has 5 nitrogen and oxygen atoms in total. The summed E-state index contributed by atoms with van der Waals surface area (Å²) >= 11 is 0. The molecule has 1 aliphatic carbocycles. The molecule has 1 aromatic rings. The molecule has 1 aromatic heterocycles. The normalized spacial score (nSPS) is 17.2. The molecule has 5 heteroatoms. The van der Waals surface area contributed by atoms with Crippen LogP contribution in [0.1, 0.15) is 62.0 Å². The molecule has 0 spiro atoms. The van der Waals surface area contributed by atoms with Crippen molar-refractivity contribution in [2.45, 2.75) is 58.9 Å². The van der Waals surface area contributed by atoms with Gasteiger partial charge in [-0.15, -0.1) is 0 Å².